The van der Waals surface area contributed by atoms with Crippen molar-refractivity contribution in [2.45, 2.75) is 13.0 Å². The third-order valence-electron chi connectivity index (χ3n) is 2.50. The van der Waals surface area contributed by atoms with Crippen molar-refractivity contribution < 1.29 is 14.3 Å². The Hall–Kier alpha value is -1.39. The summed E-state index contributed by atoms with van der Waals surface area (Å²) >= 11 is 0. The zero-order chi connectivity index (χ0) is 12.7. The van der Waals surface area contributed by atoms with Crippen molar-refractivity contribution in [3.8, 4) is 0 Å². The highest BCUT2D eigenvalue weighted by Gasteiger charge is 2.20. The van der Waals surface area contributed by atoms with Gasteiger partial charge < -0.3 is 9.47 Å². The Labute approximate surface area is 102 Å². The van der Waals surface area contributed by atoms with E-state index in [2.05, 4.69) is 5.32 Å². The highest BCUT2D eigenvalue weighted by atomic mass is 16.5. The number of benzene rings is 1. The number of aryl methyl sites for hydroxylation is 1. The molecular formula is C13H19NO3. The Morgan fingerprint density at radius 2 is 1.94 bits per heavy atom. The summed E-state index contributed by atoms with van der Waals surface area (Å²) in [5.41, 5.74) is 2.06. The summed E-state index contributed by atoms with van der Waals surface area (Å²) in [5.74, 6) is -0.287. The third-order valence-corrected chi connectivity index (χ3v) is 2.50. The van der Waals surface area contributed by atoms with Gasteiger partial charge in [0.25, 0.3) is 0 Å². The molecule has 0 bridgehead atoms. The summed E-state index contributed by atoms with van der Waals surface area (Å²) < 4.78 is 9.73. The number of rotatable bonds is 6. The topological polar surface area (TPSA) is 47.6 Å². The second-order valence-corrected chi connectivity index (χ2v) is 3.81. The first kappa shape index (κ1) is 13.7. The predicted molar refractivity (Wildman–Crippen MR) is 65.8 cm³/mol. The van der Waals surface area contributed by atoms with Crippen LogP contribution in [-0.2, 0) is 14.3 Å². The fraction of sp³-hybridized carbons (Fsp3) is 0.462. The summed E-state index contributed by atoms with van der Waals surface area (Å²) in [6.07, 6.45) is 0. The van der Waals surface area contributed by atoms with Gasteiger partial charge in [-0.05, 0) is 12.5 Å². The molecule has 0 aliphatic rings. The fourth-order valence-electron chi connectivity index (χ4n) is 1.52. The zero-order valence-corrected chi connectivity index (χ0v) is 10.5. The smallest absolute Gasteiger partial charge is 0.327 e. The average Bonchev–Trinajstić information content (AvgIpc) is 2.35. The molecule has 1 atom stereocenters. The van der Waals surface area contributed by atoms with Crippen molar-refractivity contribution >= 4 is 5.97 Å². The van der Waals surface area contributed by atoms with Gasteiger partial charge >= 0.3 is 5.97 Å². The Bertz CT molecular complexity index is 348. The van der Waals surface area contributed by atoms with E-state index in [-0.39, 0.29) is 5.97 Å². The monoisotopic (exact) mass is 237 g/mol. The summed E-state index contributed by atoms with van der Waals surface area (Å²) in [7, 11) is 3.02. The van der Waals surface area contributed by atoms with Crippen LogP contribution in [0.25, 0.3) is 0 Å². The summed E-state index contributed by atoms with van der Waals surface area (Å²) in [4.78, 5) is 11.7. The molecule has 4 nitrogen and oxygen atoms in total. The number of ether oxygens (including phenoxy) is 2. The quantitative estimate of drug-likeness (QED) is 0.601. The van der Waals surface area contributed by atoms with Gasteiger partial charge in [-0.3, -0.25) is 5.32 Å². The molecule has 0 saturated carbocycles. The number of hydrogen-bond acceptors (Lipinski definition) is 4. The van der Waals surface area contributed by atoms with Gasteiger partial charge in [-0.15, -0.1) is 0 Å². The van der Waals surface area contributed by atoms with Crippen LogP contribution in [0.1, 0.15) is 17.2 Å². The van der Waals surface area contributed by atoms with Crippen LogP contribution in [0.3, 0.4) is 0 Å². The van der Waals surface area contributed by atoms with Crippen LogP contribution in [0.4, 0.5) is 0 Å². The van der Waals surface area contributed by atoms with Gasteiger partial charge in [0.15, 0.2) is 0 Å². The van der Waals surface area contributed by atoms with Gasteiger partial charge in [-0.1, -0.05) is 29.8 Å². The van der Waals surface area contributed by atoms with Crippen LogP contribution in [-0.4, -0.2) is 33.3 Å². The minimum Gasteiger partial charge on any atom is -0.468 e. The first-order chi connectivity index (χ1) is 8.19. The summed E-state index contributed by atoms with van der Waals surface area (Å²) in [5, 5.41) is 3.11. The van der Waals surface area contributed by atoms with E-state index in [1.54, 1.807) is 7.11 Å². The molecule has 0 fully saturated rings. The molecule has 0 heterocycles. The lowest BCUT2D eigenvalue weighted by Gasteiger charge is -2.16. The largest absolute Gasteiger partial charge is 0.468 e. The Balaban J connectivity index is 2.74. The minimum absolute atomic E-state index is 0.287. The molecule has 0 aromatic heterocycles. The van der Waals surface area contributed by atoms with Crippen molar-refractivity contribution in [2.24, 2.45) is 0 Å². The van der Waals surface area contributed by atoms with Gasteiger partial charge in [-0.2, -0.15) is 0 Å². The highest BCUT2D eigenvalue weighted by Crippen LogP contribution is 2.15. The molecule has 17 heavy (non-hydrogen) atoms. The van der Waals surface area contributed by atoms with Crippen molar-refractivity contribution in [2.75, 3.05) is 27.4 Å². The van der Waals surface area contributed by atoms with E-state index in [1.807, 2.05) is 31.2 Å². The maximum absolute atomic E-state index is 11.7. The molecule has 0 amide bonds. The van der Waals surface area contributed by atoms with E-state index in [0.717, 1.165) is 11.1 Å². The molecule has 4 heteroatoms. The standard InChI is InChI=1S/C13H19NO3/c1-10-4-6-11(7-5-10)12(13(15)17-3)14-8-9-16-2/h4-7,12,14H,8-9H2,1-3H3. The number of hydrogen-bond donors (Lipinski definition) is 1. The van der Waals surface area contributed by atoms with Crippen molar-refractivity contribution in [1.82, 2.24) is 5.32 Å². The molecule has 1 unspecified atom stereocenters. The second-order valence-electron chi connectivity index (χ2n) is 3.81. The second kappa shape index (κ2) is 7.04. The van der Waals surface area contributed by atoms with Crippen LogP contribution in [0.2, 0.25) is 0 Å². The SMILES string of the molecule is COCCNC(C(=O)OC)c1ccc(C)cc1. The first-order valence-electron chi connectivity index (χ1n) is 5.55. The number of carbonyl (C=O) groups is 1. The number of methoxy groups -OCH3 is 2. The molecule has 1 N–H and O–H groups in total. The van der Waals surface area contributed by atoms with Gasteiger partial charge in [0.1, 0.15) is 6.04 Å². The fourth-order valence-corrected chi connectivity index (χ4v) is 1.52. The Morgan fingerprint density at radius 1 is 1.29 bits per heavy atom. The molecule has 1 aromatic rings. The van der Waals surface area contributed by atoms with E-state index >= 15 is 0 Å². The van der Waals surface area contributed by atoms with Crippen molar-refractivity contribution in [3.63, 3.8) is 0 Å². The Kier molecular flexibility index (Phi) is 5.66. The van der Waals surface area contributed by atoms with E-state index in [0.29, 0.717) is 13.2 Å². The number of carbonyl (C=O) groups excluding carboxylic acids is 1. The van der Waals surface area contributed by atoms with Gasteiger partial charge in [0.2, 0.25) is 0 Å². The highest BCUT2D eigenvalue weighted by molar-refractivity contribution is 5.77. The minimum atomic E-state index is -0.434. The van der Waals surface area contributed by atoms with Crippen LogP contribution in [0.15, 0.2) is 24.3 Å². The molecule has 0 aliphatic carbocycles. The lowest BCUT2D eigenvalue weighted by atomic mass is 10.1. The predicted octanol–water partition coefficient (Wildman–Crippen LogP) is 1.45. The lowest BCUT2D eigenvalue weighted by Crippen LogP contribution is -2.31. The zero-order valence-electron chi connectivity index (χ0n) is 10.5. The van der Waals surface area contributed by atoms with Crippen LogP contribution >= 0.6 is 0 Å². The molecule has 0 aliphatic heterocycles. The van der Waals surface area contributed by atoms with Gasteiger partial charge in [0, 0.05) is 13.7 Å². The normalized spacial score (nSPS) is 12.2. The molecule has 0 radical (unpaired) electrons. The summed E-state index contributed by atoms with van der Waals surface area (Å²) in [6, 6.07) is 7.37. The maximum Gasteiger partial charge on any atom is 0.327 e. The van der Waals surface area contributed by atoms with Crippen LogP contribution in [0.5, 0.6) is 0 Å². The maximum atomic E-state index is 11.7. The molecule has 0 spiro atoms. The van der Waals surface area contributed by atoms with Gasteiger partial charge in [0.05, 0.1) is 13.7 Å². The van der Waals surface area contributed by atoms with Crippen LogP contribution in [0, 0.1) is 6.92 Å². The van der Waals surface area contributed by atoms with E-state index < -0.39 is 6.04 Å². The van der Waals surface area contributed by atoms with E-state index in [9.17, 15) is 4.79 Å². The first-order valence-corrected chi connectivity index (χ1v) is 5.55. The van der Waals surface area contributed by atoms with Crippen molar-refractivity contribution in [3.05, 3.63) is 35.4 Å². The lowest BCUT2D eigenvalue weighted by molar-refractivity contribution is -0.143. The van der Waals surface area contributed by atoms with Crippen LogP contribution < -0.4 is 5.32 Å². The van der Waals surface area contributed by atoms with Crippen molar-refractivity contribution in [1.29, 1.82) is 0 Å². The average molecular weight is 237 g/mol. The molecule has 1 rings (SSSR count). The number of nitrogens with one attached hydrogen (secondary N) is 1. The molecular weight excluding hydrogens is 218 g/mol. The Morgan fingerprint density at radius 3 is 2.47 bits per heavy atom. The molecule has 0 saturated heterocycles. The van der Waals surface area contributed by atoms with E-state index in [1.165, 1.54) is 7.11 Å². The van der Waals surface area contributed by atoms with E-state index in [4.69, 9.17) is 9.47 Å². The number of esters is 1. The summed E-state index contributed by atoms with van der Waals surface area (Å²) in [6.45, 7) is 3.17. The molecule has 1 aromatic carbocycles. The third kappa shape index (κ3) is 4.17. The molecule has 94 valence electrons. The van der Waals surface area contributed by atoms with Gasteiger partial charge in [-0.25, -0.2) is 4.79 Å².